The van der Waals surface area contributed by atoms with E-state index >= 15 is 0 Å². The number of aromatic nitrogens is 5. The summed E-state index contributed by atoms with van der Waals surface area (Å²) >= 11 is 2.75. The number of thiazole rings is 1. The number of para-hydroxylation sites is 1. The van der Waals surface area contributed by atoms with Gasteiger partial charge in [-0.2, -0.15) is 0 Å². The van der Waals surface area contributed by atoms with E-state index < -0.39 is 0 Å². The highest BCUT2D eigenvalue weighted by molar-refractivity contribution is 8.01. The number of amides is 1. The third-order valence-corrected chi connectivity index (χ3v) is 8.05. The SMILES string of the molecule is O=C(Nc1ncc(Sc2ncccn2)s1)c1cn(CC2CC2)c2cc(F)ccc12.c1ccc2[nH]ccc2c1. The Kier molecular flexibility index (Phi) is 6.89. The average molecular weight is 543 g/mol. The number of hydrogen-bond acceptors (Lipinski definition) is 6. The molecule has 1 amide bonds. The van der Waals surface area contributed by atoms with Gasteiger partial charge < -0.3 is 9.55 Å². The van der Waals surface area contributed by atoms with E-state index in [-0.39, 0.29) is 11.7 Å². The lowest BCUT2D eigenvalue weighted by Gasteiger charge is -2.02. The van der Waals surface area contributed by atoms with Crippen molar-refractivity contribution in [1.29, 1.82) is 0 Å². The van der Waals surface area contributed by atoms with Gasteiger partial charge in [-0.25, -0.2) is 19.3 Å². The van der Waals surface area contributed by atoms with Crippen LogP contribution >= 0.6 is 23.1 Å². The van der Waals surface area contributed by atoms with Crippen LogP contribution in [0.1, 0.15) is 23.2 Å². The number of aromatic amines is 1. The van der Waals surface area contributed by atoms with E-state index in [1.165, 1.54) is 59.0 Å². The Morgan fingerprint density at radius 2 is 1.95 bits per heavy atom. The van der Waals surface area contributed by atoms with Crippen molar-refractivity contribution in [2.24, 2.45) is 5.92 Å². The van der Waals surface area contributed by atoms with Gasteiger partial charge in [0.2, 0.25) is 0 Å². The monoisotopic (exact) mass is 542 g/mol. The molecule has 190 valence electrons. The maximum atomic E-state index is 13.8. The normalized spacial score (nSPS) is 12.9. The van der Waals surface area contributed by atoms with Gasteiger partial charge in [-0.3, -0.25) is 10.1 Å². The minimum Gasteiger partial charge on any atom is -0.361 e. The average Bonchev–Trinajstić information content (AvgIpc) is 3.29. The van der Waals surface area contributed by atoms with Crippen LogP contribution in [0, 0.1) is 11.7 Å². The highest BCUT2D eigenvalue weighted by atomic mass is 32.2. The predicted molar refractivity (Wildman–Crippen MR) is 149 cm³/mol. The van der Waals surface area contributed by atoms with Crippen LogP contribution < -0.4 is 5.32 Å². The molecular formula is C28H23FN6OS2. The molecule has 2 aromatic carbocycles. The molecule has 0 radical (unpaired) electrons. The van der Waals surface area contributed by atoms with Gasteiger partial charge in [0.15, 0.2) is 10.3 Å². The molecule has 1 aliphatic rings. The van der Waals surface area contributed by atoms with Gasteiger partial charge in [0.25, 0.3) is 5.91 Å². The fourth-order valence-corrected chi connectivity index (χ4v) is 5.81. The van der Waals surface area contributed by atoms with Crippen LogP contribution in [-0.2, 0) is 6.54 Å². The van der Waals surface area contributed by atoms with Crippen LogP contribution in [0.25, 0.3) is 21.8 Å². The second kappa shape index (κ2) is 10.8. The molecule has 4 heterocycles. The molecule has 0 spiro atoms. The number of nitrogens with one attached hydrogen (secondary N) is 2. The highest BCUT2D eigenvalue weighted by Crippen LogP contribution is 2.34. The lowest BCUT2D eigenvalue weighted by molar-refractivity contribution is 0.102. The molecule has 7 nitrogen and oxygen atoms in total. The minimum atomic E-state index is -0.302. The van der Waals surface area contributed by atoms with Gasteiger partial charge in [-0.1, -0.05) is 29.5 Å². The molecule has 0 unspecified atom stereocenters. The Morgan fingerprint density at radius 1 is 1.11 bits per heavy atom. The number of anilines is 1. The fourth-order valence-electron chi connectivity index (χ4n) is 4.13. The van der Waals surface area contributed by atoms with Crippen LogP contribution in [0.5, 0.6) is 0 Å². The molecule has 0 bridgehead atoms. The smallest absolute Gasteiger partial charge is 0.259 e. The number of rotatable bonds is 6. The zero-order valence-electron chi connectivity index (χ0n) is 20.2. The summed E-state index contributed by atoms with van der Waals surface area (Å²) in [4.78, 5) is 28.7. The van der Waals surface area contributed by atoms with Crippen LogP contribution in [0.15, 0.2) is 94.9 Å². The molecule has 4 aromatic heterocycles. The van der Waals surface area contributed by atoms with Gasteiger partial charge in [-0.15, -0.1) is 0 Å². The maximum absolute atomic E-state index is 13.8. The summed E-state index contributed by atoms with van der Waals surface area (Å²) in [5.74, 6) is 0.0610. The summed E-state index contributed by atoms with van der Waals surface area (Å²) in [6.07, 6.45) is 11.2. The summed E-state index contributed by atoms with van der Waals surface area (Å²) in [5.41, 5.74) is 2.48. The number of halogens is 1. The second-order valence-corrected chi connectivity index (χ2v) is 11.2. The van der Waals surface area contributed by atoms with E-state index in [9.17, 15) is 9.18 Å². The molecule has 1 fully saturated rings. The van der Waals surface area contributed by atoms with E-state index in [1.54, 1.807) is 30.7 Å². The summed E-state index contributed by atoms with van der Waals surface area (Å²) in [7, 11) is 0. The van der Waals surface area contributed by atoms with E-state index in [0.29, 0.717) is 21.8 Å². The Bertz CT molecular complexity index is 1680. The molecule has 1 aliphatic carbocycles. The van der Waals surface area contributed by atoms with Gasteiger partial charge in [0, 0.05) is 42.2 Å². The Labute approximate surface area is 226 Å². The van der Waals surface area contributed by atoms with Crippen molar-refractivity contribution in [3.05, 3.63) is 97.0 Å². The topological polar surface area (TPSA) is 88.5 Å². The molecule has 0 atom stereocenters. The molecule has 0 aliphatic heterocycles. The van der Waals surface area contributed by atoms with E-state index in [2.05, 4.69) is 43.5 Å². The molecule has 0 saturated heterocycles. The van der Waals surface area contributed by atoms with E-state index in [1.807, 2.05) is 29.1 Å². The summed E-state index contributed by atoms with van der Waals surface area (Å²) in [5, 5.41) is 6.00. The number of carbonyl (C=O) groups is 1. The molecular weight excluding hydrogens is 519 g/mol. The van der Waals surface area contributed by atoms with E-state index in [4.69, 9.17) is 0 Å². The minimum absolute atomic E-state index is 0.252. The van der Waals surface area contributed by atoms with Gasteiger partial charge in [0.1, 0.15) is 5.82 Å². The van der Waals surface area contributed by atoms with Gasteiger partial charge in [0.05, 0.1) is 21.5 Å². The summed E-state index contributed by atoms with van der Waals surface area (Å²) in [6.45, 7) is 0.808. The first-order chi connectivity index (χ1) is 18.6. The molecule has 7 rings (SSSR count). The first-order valence-corrected chi connectivity index (χ1v) is 13.8. The van der Waals surface area contributed by atoms with Crippen LogP contribution in [-0.4, -0.2) is 30.4 Å². The van der Waals surface area contributed by atoms with Crippen molar-refractivity contribution >= 4 is 55.9 Å². The predicted octanol–water partition coefficient (Wildman–Crippen LogP) is 7.01. The number of carbonyl (C=O) groups excluding carboxylic acids is 1. The third-order valence-electron chi connectivity index (χ3n) is 6.14. The number of fused-ring (bicyclic) bond motifs is 2. The lowest BCUT2D eigenvalue weighted by Crippen LogP contribution is -2.11. The number of nitrogens with zero attached hydrogens (tertiary/aromatic N) is 4. The van der Waals surface area contributed by atoms with Crippen molar-refractivity contribution < 1.29 is 9.18 Å². The van der Waals surface area contributed by atoms with Crippen molar-refractivity contribution in [3.63, 3.8) is 0 Å². The van der Waals surface area contributed by atoms with E-state index in [0.717, 1.165) is 21.7 Å². The van der Waals surface area contributed by atoms with Crippen LogP contribution in [0.2, 0.25) is 0 Å². The Balaban J connectivity index is 0.000000246. The Morgan fingerprint density at radius 3 is 2.76 bits per heavy atom. The maximum Gasteiger partial charge on any atom is 0.259 e. The quantitative estimate of drug-likeness (QED) is 0.221. The zero-order valence-corrected chi connectivity index (χ0v) is 21.8. The molecule has 38 heavy (non-hydrogen) atoms. The van der Waals surface area contributed by atoms with Crippen molar-refractivity contribution in [3.8, 4) is 0 Å². The van der Waals surface area contributed by atoms with Crippen LogP contribution in [0.3, 0.4) is 0 Å². The van der Waals surface area contributed by atoms with Crippen molar-refractivity contribution in [2.75, 3.05) is 5.32 Å². The summed E-state index contributed by atoms with van der Waals surface area (Å²) < 4.78 is 16.6. The van der Waals surface area contributed by atoms with Gasteiger partial charge in [-0.05, 0) is 72.3 Å². The zero-order chi connectivity index (χ0) is 25.9. The number of benzene rings is 2. The molecule has 1 saturated carbocycles. The fraction of sp³-hybridized carbons (Fsp3) is 0.143. The Hall–Kier alpha value is -4.02. The largest absolute Gasteiger partial charge is 0.361 e. The second-order valence-electron chi connectivity index (χ2n) is 8.94. The van der Waals surface area contributed by atoms with Gasteiger partial charge >= 0.3 is 0 Å². The standard InChI is InChI=1S/C20H16FN5OS2.C8H7N/c21-13-4-5-14-15(11-26(16(14)8-13)10-12-2-3-12)18(27)25-20-24-9-17(29-20)28-19-22-6-1-7-23-19;1-2-4-8-7(3-1)5-6-9-8/h1,4-9,11-12H,2-3,10H2,(H,24,25,27);1-6,9H. The molecule has 6 aromatic rings. The first-order valence-electron chi connectivity index (χ1n) is 12.1. The summed E-state index contributed by atoms with van der Waals surface area (Å²) in [6, 6.07) is 16.6. The number of hydrogen-bond donors (Lipinski definition) is 2. The first kappa shape index (κ1) is 24.3. The third kappa shape index (κ3) is 5.61. The van der Waals surface area contributed by atoms with Crippen LogP contribution in [0.4, 0.5) is 9.52 Å². The van der Waals surface area contributed by atoms with Crippen molar-refractivity contribution in [2.45, 2.75) is 28.8 Å². The number of H-pyrrole nitrogens is 1. The lowest BCUT2D eigenvalue weighted by atomic mass is 10.1. The molecule has 10 heteroatoms. The highest BCUT2D eigenvalue weighted by Gasteiger charge is 2.24. The van der Waals surface area contributed by atoms with Crippen molar-refractivity contribution in [1.82, 2.24) is 24.5 Å². The molecule has 2 N–H and O–H groups in total.